The second-order valence-electron chi connectivity index (χ2n) is 9.24. The van der Waals surface area contributed by atoms with Gasteiger partial charge in [-0.25, -0.2) is 0 Å². The molecule has 0 radical (unpaired) electrons. The molecule has 1 N–H and O–H groups in total. The average Bonchev–Trinajstić information content (AvgIpc) is 3.52. The van der Waals surface area contributed by atoms with E-state index in [-0.39, 0.29) is 24.0 Å². The zero-order chi connectivity index (χ0) is 23.9. The molecule has 1 fully saturated rings. The van der Waals surface area contributed by atoms with E-state index in [9.17, 15) is 15.2 Å². The molecule has 1 aromatic heterocycles. The predicted molar refractivity (Wildman–Crippen MR) is 124 cm³/mol. The molecule has 3 aromatic rings. The van der Waals surface area contributed by atoms with Gasteiger partial charge in [0.15, 0.2) is 0 Å². The Morgan fingerprint density at radius 2 is 2.18 bits per heavy atom. The Labute approximate surface area is 197 Å². The van der Waals surface area contributed by atoms with Gasteiger partial charge in [-0.15, -0.1) is 0 Å². The summed E-state index contributed by atoms with van der Waals surface area (Å²) in [5, 5.41) is 23.1. The van der Waals surface area contributed by atoms with Gasteiger partial charge in [-0.1, -0.05) is 23.4 Å². The van der Waals surface area contributed by atoms with E-state index in [1.54, 1.807) is 23.1 Å². The number of β-amino-alcohol motifs (C(OH)–C–C–N with tert-alkyl or cyclic N) is 1. The minimum Gasteiger partial charge on any atom is -0.490 e. The molecular weight excluding hydrogens is 432 g/mol. The van der Waals surface area contributed by atoms with Crippen molar-refractivity contribution < 1.29 is 19.2 Å². The van der Waals surface area contributed by atoms with Gasteiger partial charge in [0.25, 0.3) is 5.89 Å². The molecule has 2 aliphatic rings. The van der Waals surface area contributed by atoms with Crippen molar-refractivity contribution in [3.8, 4) is 34.7 Å². The number of fused-ring (bicyclic) bond motifs is 2. The van der Waals surface area contributed by atoms with E-state index in [2.05, 4.69) is 22.3 Å². The number of benzene rings is 2. The summed E-state index contributed by atoms with van der Waals surface area (Å²) >= 11 is 0. The standard InChI is InChI=1S/C26H26N4O4/c1-16(2)33-22-7-6-17(12-18(22)14-27)25-28-24(29-34-25)20-4-3-5-21-19(20)8-9-26(21)13-23(32)30(15-26)10-11-31/h3-7,12,16,31H,8-11,13,15H2,1-2H3. The zero-order valence-electron chi connectivity index (χ0n) is 19.2. The first-order valence-electron chi connectivity index (χ1n) is 11.5. The Bertz CT molecular complexity index is 1290. The second-order valence-corrected chi connectivity index (χ2v) is 9.24. The van der Waals surface area contributed by atoms with Crippen molar-refractivity contribution in [2.45, 2.75) is 44.6 Å². The van der Waals surface area contributed by atoms with Crippen LogP contribution in [0.1, 0.15) is 43.4 Å². The smallest absolute Gasteiger partial charge is 0.258 e. The molecule has 1 unspecified atom stereocenters. The van der Waals surface area contributed by atoms with Crippen LogP contribution in [0.25, 0.3) is 22.8 Å². The van der Waals surface area contributed by atoms with Crippen molar-refractivity contribution in [2.75, 3.05) is 19.7 Å². The first-order chi connectivity index (χ1) is 16.4. The molecule has 1 saturated heterocycles. The highest BCUT2D eigenvalue weighted by Crippen LogP contribution is 2.48. The quantitative estimate of drug-likeness (QED) is 0.602. The van der Waals surface area contributed by atoms with Gasteiger partial charge in [0.1, 0.15) is 11.8 Å². The molecule has 0 saturated carbocycles. The summed E-state index contributed by atoms with van der Waals surface area (Å²) < 4.78 is 11.3. The number of nitrogens with zero attached hydrogens (tertiary/aromatic N) is 4. The van der Waals surface area contributed by atoms with Crippen LogP contribution in [0.3, 0.4) is 0 Å². The van der Waals surface area contributed by atoms with Crippen LogP contribution in [-0.4, -0.2) is 51.9 Å². The number of carbonyl (C=O) groups excluding carboxylic acids is 1. The summed E-state index contributed by atoms with van der Waals surface area (Å²) in [7, 11) is 0. The lowest BCUT2D eigenvalue weighted by molar-refractivity contribution is -0.128. The number of hydrogen-bond acceptors (Lipinski definition) is 7. The predicted octanol–water partition coefficient (Wildman–Crippen LogP) is 3.47. The molecular formula is C26H26N4O4. The van der Waals surface area contributed by atoms with E-state index in [0.29, 0.717) is 48.1 Å². The highest BCUT2D eigenvalue weighted by atomic mass is 16.5. The van der Waals surface area contributed by atoms with Crippen LogP contribution in [0.2, 0.25) is 0 Å². The molecule has 5 rings (SSSR count). The van der Waals surface area contributed by atoms with Crippen molar-refractivity contribution in [3.63, 3.8) is 0 Å². The fraction of sp³-hybridized carbons (Fsp3) is 0.385. The summed E-state index contributed by atoms with van der Waals surface area (Å²) in [6.07, 6.45) is 2.13. The Hall–Kier alpha value is -3.70. The van der Waals surface area contributed by atoms with Crippen LogP contribution in [0, 0.1) is 11.3 Å². The Morgan fingerprint density at radius 3 is 2.94 bits per heavy atom. The third-order valence-corrected chi connectivity index (χ3v) is 6.68. The Morgan fingerprint density at radius 1 is 1.32 bits per heavy atom. The number of aromatic nitrogens is 2. The number of ether oxygens (including phenoxy) is 1. The highest BCUT2D eigenvalue weighted by molar-refractivity contribution is 5.82. The molecule has 174 valence electrons. The van der Waals surface area contributed by atoms with Crippen LogP contribution >= 0.6 is 0 Å². The molecule has 1 amide bonds. The third-order valence-electron chi connectivity index (χ3n) is 6.68. The normalized spacial score (nSPS) is 19.1. The fourth-order valence-corrected chi connectivity index (χ4v) is 5.20. The first-order valence-corrected chi connectivity index (χ1v) is 11.5. The minimum atomic E-state index is -0.224. The number of nitriles is 1. The summed E-state index contributed by atoms with van der Waals surface area (Å²) in [5.74, 6) is 1.43. The molecule has 8 nitrogen and oxygen atoms in total. The lowest BCUT2D eigenvalue weighted by Crippen LogP contribution is -2.32. The SMILES string of the molecule is CC(C)Oc1ccc(-c2nc(-c3cccc4c3CCC43CC(=O)N(CCO)C3)no2)cc1C#N. The van der Waals surface area contributed by atoms with Gasteiger partial charge >= 0.3 is 0 Å². The van der Waals surface area contributed by atoms with E-state index >= 15 is 0 Å². The van der Waals surface area contributed by atoms with Crippen LogP contribution in [-0.2, 0) is 16.6 Å². The van der Waals surface area contributed by atoms with E-state index < -0.39 is 0 Å². The maximum absolute atomic E-state index is 12.5. The highest BCUT2D eigenvalue weighted by Gasteiger charge is 2.48. The fourth-order valence-electron chi connectivity index (χ4n) is 5.20. The van der Waals surface area contributed by atoms with Crippen molar-refractivity contribution in [1.82, 2.24) is 15.0 Å². The molecule has 8 heteroatoms. The summed E-state index contributed by atoms with van der Waals surface area (Å²) in [4.78, 5) is 18.9. The summed E-state index contributed by atoms with van der Waals surface area (Å²) in [6, 6.07) is 13.5. The molecule has 1 atom stereocenters. The first kappa shape index (κ1) is 22.1. The molecule has 2 aromatic carbocycles. The Balaban J connectivity index is 1.46. The molecule has 34 heavy (non-hydrogen) atoms. The van der Waals surface area contributed by atoms with Crippen LogP contribution in [0.5, 0.6) is 5.75 Å². The lowest BCUT2D eigenvalue weighted by Gasteiger charge is -2.24. The van der Waals surface area contributed by atoms with Crippen LogP contribution in [0.4, 0.5) is 0 Å². The van der Waals surface area contributed by atoms with Gasteiger partial charge in [0.05, 0.1) is 18.3 Å². The Kier molecular flexibility index (Phi) is 5.58. The second kappa shape index (κ2) is 8.58. The number of hydrogen-bond donors (Lipinski definition) is 1. The monoisotopic (exact) mass is 458 g/mol. The maximum atomic E-state index is 12.5. The number of rotatable bonds is 6. The number of aliphatic hydroxyl groups excluding tert-OH is 1. The number of carbonyl (C=O) groups is 1. The number of amides is 1. The van der Waals surface area contributed by atoms with Gasteiger partial charge in [-0.3, -0.25) is 4.79 Å². The summed E-state index contributed by atoms with van der Waals surface area (Å²) in [5.41, 5.74) is 4.04. The van der Waals surface area contributed by atoms with Crippen molar-refractivity contribution in [1.29, 1.82) is 5.26 Å². The van der Waals surface area contributed by atoms with Gasteiger partial charge in [0.2, 0.25) is 11.7 Å². The van der Waals surface area contributed by atoms with Gasteiger partial charge in [0, 0.05) is 36.1 Å². The minimum absolute atomic E-state index is 0.0293. The van der Waals surface area contributed by atoms with E-state index in [0.717, 1.165) is 29.5 Å². The summed E-state index contributed by atoms with van der Waals surface area (Å²) in [6.45, 7) is 4.79. The molecule has 1 aliphatic carbocycles. The zero-order valence-corrected chi connectivity index (χ0v) is 19.2. The number of likely N-dealkylation sites (tertiary alicyclic amines) is 1. The van der Waals surface area contributed by atoms with Gasteiger partial charge in [-0.2, -0.15) is 10.2 Å². The lowest BCUT2D eigenvalue weighted by atomic mass is 9.80. The van der Waals surface area contributed by atoms with Gasteiger partial charge < -0.3 is 19.3 Å². The molecule has 0 bridgehead atoms. The molecule has 2 heterocycles. The van der Waals surface area contributed by atoms with Crippen molar-refractivity contribution >= 4 is 5.91 Å². The van der Waals surface area contributed by atoms with Crippen LogP contribution in [0.15, 0.2) is 40.9 Å². The average molecular weight is 459 g/mol. The number of aliphatic hydroxyl groups is 1. The molecule has 1 aliphatic heterocycles. The van der Waals surface area contributed by atoms with Gasteiger partial charge in [-0.05, 0) is 56.0 Å². The maximum Gasteiger partial charge on any atom is 0.258 e. The van der Waals surface area contributed by atoms with Crippen molar-refractivity contribution in [2.24, 2.45) is 0 Å². The van der Waals surface area contributed by atoms with E-state index in [4.69, 9.17) is 9.26 Å². The van der Waals surface area contributed by atoms with Crippen LogP contribution < -0.4 is 4.74 Å². The largest absolute Gasteiger partial charge is 0.490 e. The van der Waals surface area contributed by atoms with E-state index in [1.165, 1.54) is 0 Å². The third kappa shape index (κ3) is 3.72. The van der Waals surface area contributed by atoms with Crippen molar-refractivity contribution in [3.05, 3.63) is 53.1 Å². The van der Waals surface area contributed by atoms with E-state index in [1.807, 2.05) is 26.0 Å². The molecule has 1 spiro atoms. The topological polar surface area (TPSA) is 112 Å².